The van der Waals surface area contributed by atoms with Crippen molar-refractivity contribution in [2.45, 2.75) is 26.8 Å². The van der Waals surface area contributed by atoms with Crippen molar-refractivity contribution < 1.29 is 9.63 Å². The second-order valence-electron chi connectivity index (χ2n) is 6.52. The normalized spacial score (nSPS) is 10.7. The molecule has 1 aromatic carbocycles. The number of anilines is 4. The largest absolute Gasteiger partial charge is 0.353 e. The van der Waals surface area contributed by atoms with Gasteiger partial charge in [0.1, 0.15) is 11.6 Å². The summed E-state index contributed by atoms with van der Waals surface area (Å²) < 4.78 is 1.89. The molecule has 8 nitrogen and oxygen atoms in total. The van der Waals surface area contributed by atoms with Crippen molar-refractivity contribution in [2.75, 3.05) is 17.7 Å². The highest BCUT2D eigenvalue weighted by atomic mass is 35.5. The van der Waals surface area contributed by atoms with Crippen LogP contribution < -0.4 is 16.1 Å². The maximum Gasteiger partial charge on any atom is 0.276 e. The maximum absolute atomic E-state index is 12.3. The second-order valence-corrected chi connectivity index (χ2v) is 7.36. The van der Waals surface area contributed by atoms with Crippen molar-refractivity contribution in [3.8, 4) is 0 Å². The molecule has 3 N–H and O–H groups in total. The SMILES string of the molecule is CCCn1nc(C)cc1Nc1cc(Nc2ccc(Cl)cc2C(=O)NOC)c(Cl)cn1. The number of aromatic nitrogens is 3. The molecule has 0 bridgehead atoms. The number of hydrogen-bond donors (Lipinski definition) is 3. The average molecular weight is 449 g/mol. The molecule has 10 heteroatoms. The van der Waals surface area contributed by atoms with E-state index in [2.05, 4.69) is 33.1 Å². The smallest absolute Gasteiger partial charge is 0.276 e. The lowest BCUT2D eigenvalue weighted by molar-refractivity contribution is 0.0538. The summed E-state index contributed by atoms with van der Waals surface area (Å²) in [6, 6.07) is 8.61. The highest BCUT2D eigenvalue weighted by Gasteiger charge is 2.14. The Balaban J connectivity index is 1.89. The molecule has 0 fully saturated rings. The third kappa shape index (κ3) is 5.21. The fourth-order valence-corrected chi connectivity index (χ4v) is 3.19. The predicted octanol–water partition coefficient (Wildman–Crippen LogP) is 5.08. The van der Waals surface area contributed by atoms with Gasteiger partial charge in [0.25, 0.3) is 5.91 Å². The molecule has 0 saturated carbocycles. The van der Waals surface area contributed by atoms with Gasteiger partial charge in [-0.3, -0.25) is 9.63 Å². The maximum atomic E-state index is 12.3. The number of nitrogens with zero attached hydrogens (tertiary/aromatic N) is 3. The first-order valence-corrected chi connectivity index (χ1v) is 10.0. The van der Waals surface area contributed by atoms with E-state index in [0.29, 0.717) is 32.8 Å². The van der Waals surface area contributed by atoms with Crippen molar-refractivity contribution in [1.82, 2.24) is 20.2 Å². The molecule has 0 aliphatic carbocycles. The van der Waals surface area contributed by atoms with E-state index in [9.17, 15) is 4.79 Å². The number of halogens is 2. The van der Waals surface area contributed by atoms with Crippen molar-refractivity contribution in [3.05, 3.63) is 57.8 Å². The van der Waals surface area contributed by atoms with E-state index in [1.807, 2.05) is 17.7 Å². The van der Waals surface area contributed by atoms with E-state index in [0.717, 1.165) is 24.5 Å². The zero-order chi connectivity index (χ0) is 21.7. The van der Waals surface area contributed by atoms with Crippen LogP contribution in [0.4, 0.5) is 23.0 Å². The Hall–Kier alpha value is -2.81. The average Bonchev–Trinajstić information content (AvgIpc) is 3.05. The summed E-state index contributed by atoms with van der Waals surface area (Å²) in [5.41, 5.74) is 4.59. The summed E-state index contributed by atoms with van der Waals surface area (Å²) in [7, 11) is 1.36. The zero-order valence-electron chi connectivity index (χ0n) is 16.8. The van der Waals surface area contributed by atoms with Crippen LogP contribution in [0.15, 0.2) is 36.5 Å². The van der Waals surface area contributed by atoms with Crippen LogP contribution in [0.3, 0.4) is 0 Å². The summed E-state index contributed by atoms with van der Waals surface area (Å²) in [4.78, 5) is 21.4. The predicted molar refractivity (Wildman–Crippen MR) is 119 cm³/mol. The van der Waals surface area contributed by atoms with Crippen molar-refractivity contribution >= 4 is 52.1 Å². The molecule has 1 amide bonds. The van der Waals surface area contributed by atoms with Gasteiger partial charge in [-0.2, -0.15) is 5.10 Å². The van der Waals surface area contributed by atoms with E-state index in [1.54, 1.807) is 24.3 Å². The Kier molecular flexibility index (Phi) is 7.15. The monoisotopic (exact) mass is 448 g/mol. The van der Waals surface area contributed by atoms with Crippen LogP contribution in [0.1, 0.15) is 29.4 Å². The first-order chi connectivity index (χ1) is 14.4. The molecule has 0 saturated heterocycles. The fraction of sp³-hybridized carbons (Fsp3) is 0.250. The van der Waals surface area contributed by atoms with Crippen molar-refractivity contribution in [1.29, 1.82) is 0 Å². The highest BCUT2D eigenvalue weighted by Crippen LogP contribution is 2.31. The molecule has 0 unspecified atom stereocenters. The third-order valence-electron chi connectivity index (χ3n) is 4.14. The number of pyridine rings is 1. The molecule has 2 aromatic heterocycles. The van der Waals surface area contributed by atoms with Crippen molar-refractivity contribution in [3.63, 3.8) is 0 Å². The van der Waals surface area contributed by atoms with Gasteiger partial charge >= 0.3 is 0 Å². The first kappa shape index (κ1) is 21.9. The molecular weight excluding hydrogens is 427 g/mol. The van der Waals surface area contributed by atoms with Gasteiger partial charge in [-0.05, 0) is 31.5 Å². The molecule has 2 heterocycles. The lowest BCUT2D eigenvalue weighted by atomic mass is 10.1. The molecule has 3 rings (SSSR count). The molecule has 30 heavy (non-hydrogen) atoms. The van der Waals surface area contributed by atoms with Crippen LogP contribution in [0.25, 0.3) is 0 Å². The van der Waals surface area contributed by atoms with Crippen LogP contribution in [0, 0.1) is 6.92 Å². The molecule has 0 spiro atoms. The van der Waals surface area contributed by atoms with Crippen LogP contribution >= 0.6 is 23.2 Å². The van der Waals surface area contributed by atoms with Crippen LogP contribution in [0.5, 0.6) is 0 Å². The molecule has 0 aliphatic rings. The Morgan fingerprint density at radius 1 is 1.17 bits per heavy atom. The lowest BCUT2D eigenvalue weighted by Gasteiger charge is -2.15. The van der Waals surface area contributed by atoms with E-state index in [1.165, 1.54) is 13.3 Å². The number of carbonyl (C=O) groups excluding carboxylic acids is 1. The molecule has 0 aliphatic heterocycles. The molecule has 0 atom stereocenters. The summed E-state index contributed by atoms with van der Waals surface area (Å²) in [6.07, 6.45) is 2.49. The second kappa shape index (κ2) is 9.80. The van der Waals surface area contributed by atoms with Crippen LogP contribution in [-0.4, -0.2) is 27.8 Å². The van der Waals surface area contributed by atoms with Crippen molar-refractivity contribution in [2.24, 2.45) is 0 Å². The minimum absolute atomic E-state index is 0.309. The highest BCUT2D eigenvalue weighted by molar-refractivity contribution is 6.33. The third-order valence-corrected chi connectivity index (χ3v) is 4.68. The number of benzene rings is 1. The van der Waals surface area contributed by atoms with Gasteiger partial charge in [0.2, 0.25) is 0 Å². The topological polar surface area (TPSA) is 93.1 Å². The number of aryl methyl sites for hydroxylation is 2. The number of hydroxylamine groups is 1. The molecule has 3 aromatic rings. The summed E-state index contributed by atoms with van der Waals surface area (Å²) in [5.74, 6) is 0.975. The number of nitrogens with one attached hydrogen (secondary N) is 3. The minimum Gasteiger partial charge on any atom is -0.353 e. The molecule has 158 valence electrons. The van der Waals surface area contributed by atoms with Gasteiger partial charge in [0, 0.05) is 23.7 Å². The molecular formula is C20H22Cl2N6O2. The summed E-state index contributed by atoms with van der Waals surface area (Å²) in [6.45, 7) is 4.82. The Morgan fingerprint density at radius 3 is 2.70 bits per heavy atom. The van der Waals surface area contributed by atoms with E-state index >= 15 is 0 Å². The Bertz CT molecular complexity index is 1050. The summed E-state index contributed by atoms with van der Waals surface area (Å²) in [5, 5.41) is 11.7. The van der Waals surface area contributed by atoms with E-state index < -0.39 is 5.91 Å². The van der Waals surface area contributed by atoms with E-state index in [4.69, 9.17) is 28.0 Å². The van der Waals surface area contributed by atoms with Gasteiger partial charge in [-0.1, -0.05) is 30.1 Å². The summed E-state index contributed by atoms with van der Waals surface area (Å²) >= 11 is 12.4. The van der Waals surface area contributed by atoms with Gasteiger partial charge in [0.15, 0.2) is 0 Å². The zero-order valence-corrected chi connectivity index (χ0v) is 18.3. The standard InChI is InChI=1S/C20H22Cl2N6O2/c1-4-7-28-19(8-12(2)26-28)25-18-10-17(15(22)11-23-18)24-16-6-5-13(21)9-14(16)20(29)27-30-3/h5-6,8-11H,4,7H2,1-3H3,(H,27,29)(H2,23,24,25). The lowest BCUT2D eigenvalue weighted by Crippen LogP contribution is -2.22. The van der Waals surface area contributed by atoms with Gasteiger partial charge in [-0.15, -0.1) is 0 Å². The first-order valence-electron chi connectivity index (χ1n) is 9.28. The van der Waals surface area contributed by atoms with Gasteiger partial charge in [-0.25, -0.2) is 15.1 Å². The Labute approximate surface area is 184 Å². The number of rotatable bonds is 8. The molecule has 0 radical (unpaired) electrons. The minimum atomic E-state index is -0.440. The van der Waals surface area contributed by atoms with Crippen LogP contribution in [0.2, 0.25) is 10.0 Å². The number of amides is 1. The fourth-order valence-electron chi connectivity index (χ4n) is 2.87. The number of carbonyl (C=O) groups is 1. The van der Waals surface area contributed by atoms with Gasteiger partial charge in [0.05, 0.1) is 41.0 Å². The Morgan fingerprint density at radius 2 is 1.97 bits per heavy atom. The van der Waals surface area contributed by atoms with Gasteiger partial charge < -0.3 is 10.6 Å². The number of hydrogen-bond acceptors (Lipinski definition) is 6. The van der Waals surface area contributed by atoms with E-state index in [-0.39, 0.29) is 0 Å². The quantitative estimate of drug-likeness (QED) is 0.416. The van der Waals surface area contributed by atoms with Crippen LogP contribution in [-0.2, 0) is 11.4 Å².